The molecule has 1 heterocycles. The van der Waals surface area contributed by atoms with Crippen LogP contribution < -0.4 is 11.1 Å². The summed E-state index contributed by atoms with van der Waals surface area (Å²) in [7, 11) is 0. The molecule has 1 aromatic rings. The van der Waals surface area contributed by atoms with E-state index in [1.807, 2.05) is 0 Å². The van der Waals surface area contributed by atoms with Crippen LogP contribution in [0, 0.1) is 6.92 Å². The van der Waals surface area contributed by atoms with Crippen molar-refractivity contribution in [3.05, 3.63) is 29.6 Å². The van der Waals surface area contributed by atoms with Crippen LogP contribution in [0.2, 0.25) is 0 Å². The molecule has 1 amide bonds. The molecule has 114 valence electrons. The largest absolute Gasteiger partial charge is 0.409 e. The zero-order valence-electron chi connectivity index (χ0n) is 12.3. The van der Waals surface area contributed by atoms with Crippen molar-refractivity contribution < 1.29 is 10.0 Å². The normalized spacial score (nSPS) is 18.8. The van der Waals surface area contributed by atoms with Gasteiger partial charge in [0.1, 0.15) is 5.54 Å². The van der Waals surface area contributed by atoms with Crippen molar-refractivity contribution in [3.63, 3.8) is 0 Å². The SMILES string of the molecule is Cc1ncccc1C(=O)NC1(/C(N)=N/O)CCCCCC1. The van der Waals surface area contributed by atoms with E-state index < -0.39 is 5.54 Å². The third-order valence-electron chi connectivity index (χ3n) is 4.16. The van der Waals surface area contributed by atoms with Crippen LogP contribution in [0.25, 0.3) is 0 Å². The van der Waals surface area contributed by atoms with Crippen molar-refractivity contribution >= 4 is 11.7 Å². The lowest BCUT2D eigenvalue weighted by atomic mass is 9.88. The second-order valence-electron chi connectivity index (χ2n) is 5.57. The number of oxime groups is 1. The molecule has 1 saturated carbocycles. The fourth-order valence-corrected chi connectivity index (χ4v) is 2.88. The lowest BCUT2D eigenvalue weighted by Crippen LogP contribution is -2.57. The number of amidine groups is 1. The summed E-state index contributed by atoms with van der Waals surface area (Å²) in [4.78, 5) is 16.7. The van der Waals surface area contributed by atoms with E-state index in [1.165, 1.54) is 0 Å². The van der Waals surface area contributed by atoms with E-state index in [-0.39, 0.29) is 11.7 Å². The Morgan fingerprint density at radius 3 is 2.62 bits per heavy atom. The number of nitrogens with zero attached hydrogens (tertiary/aromatic N) is 2. The van der Waals surface area contributed by atoms with Crippen molar-refractivity contribution in [1.29, 1.82) is 0 Å². The maximum atomic E-state index is 12.5. The third kappa shape index (κ3) is 3.32. The molecule has 0 bridgehead atoms. The third-order valence-corrected chi connectivity index (χ3v) is 4.16. The minimum absolute atomic E-state index is 0.0827. The number of amides is 1. The van der Waals surface area contributed by atoms with Gasteiger partial charge in [-0.25, -0.2) is 0 Å². The molecule has 0 atom stereocenters. The minimum atomic E-state index is -0.759. The number of nitrogens with one attached hydrogen (secondary N) is 1. The van der Waals surface area contributed by atoms with Crippen LogP contribution in [-0.4, -0.2) is 27.5 Å². The first-order valence-corrected chi connectivity index (χ1v) is 7.31. The number of nitrogens with two attached hydrogens (primary N) is 1. The summed E-state index contributed by atoms with van der Waals surface area (Å²) in [5.74, 6) is -0.145. The number of hydrogen-bond acceptors (Lipinski definition) is 4. The number of carbonyl (C=O) groups excluding carboxylic acids is 1. The summed E-state index contributed by atoms with van der Waals surface area (Å²) in [5.41, 5.74) is 6.31. The summed E-state index contributed by atoms with van der Waals surface area (Å²) in [6.07, 6.45) is 7.12. The van der Waals surface area contributed by atoms with Crippen LogP contribution in [0.1, 0.15) is 54.6 Å². The van der Waals surface area contributed by atoms with Gasteiger partial charge in [-0.1, -0.05) is 30.8 Å². The van der Waals surface area contributed by atoms with Gasteiger partial charge < -0.3 is 16.3 Å². The molecule has 6 heteroatoms. The maximum Gasteiger partial charge on any atom is 0.253 e. The molecule has 1 aliphatic rings. The zero-order valence-corrected chi connectivity index (χ0v) is 12.3. The summed E-state index contributed by atoms with van der Waals surface area (Å²) >= 11 is 0. The Hall–Kier alpha value is -2.11. The number of carbonyl (C=O) groups is 1. The highest BCUT2D eigenvalue weighted by Crippen LogP contribution is 2.28. The van der Waals surface area contributed by atoms with Gasteiger partial charge >= 0.3 is 0 Å². The molecule has 0 saturated heterocycles. The summed E-state index contributed by atoms with van der Waals surface area (Å²) in [5, 5.41) is 15.2. The van der Waals surface area contributed by atoms with Gasteiger partial charge in [0.05, 0.1) is 5.56 Å². The van der Waals surface area contributed by atoms with E-state index in [0.29, 0.717) is 24.1 Å². The Bertz CT molecular complexity index is 534. The van der Waals surface area contributed by atoms with Gasteiger partial charge in [-0.3, -0.25) is 9.78 Å². The molecule has 1 fully saturated rings. The molecular weight excluding hydrogens is 268 g/mol. The second kappa shape index (κ2) is 6.56. The monoisotopic (exact) mass is 290 g/mol. The predicted octanol–water partition coefficient (Wildman–Crippen LogP) is 1.96. The highest BCUT2D eigenvalue weighted by Gasteiger charge is 2.37. The predicted molar refractivity (Wildman–Crippen MR) is 80.3 cm³/mol. The number of aromatic nitrogens is 1. The van der Waals surface area contributed by atoms with Gasteiger partial charge in [0, 0.05) is 11.9 Å². The van der Waals surface area contributed by atoms with Gasteiger partial charge in [0.15, 0.2) is 5.84 Å². The molecule has 0 spiro atoms. The Balaban J connectivity index is 2.27. The molecule has 0 radical (unpaired) electrons. The van der Waals surface area contributed by atoms with Crippen molar-refractivity contribution in [2.45, 2.75) is 51.0 Å². The van der Waals surface area contributed by atoms with Gasteiger partial charge in [0.2, 0.25) is 0 Å². The van der Waals surface area contributed by atoms with E-state index in [0.717, 1.165) is 25.7 Å². The fourth-order valence-electron chi connectivity index (χ4n) is 2.88. The molecule has 4 N–H and O–H groups in total. The summed E-state index contributed by atoms with van der Waals surface area (Å²) in [6.45, 7) is 1.79. The van der Waals surface area contributed by atoms with Gasteiger partial charge in [-0.05, 0) is 31.9 Å². The maximum absolute atomic E-state index is 12.5. The molecule has 1 aliphatic carbocycles. The number of rotatable bonds is 3. The first-order chi connectivity index (χ1) is 10.1. The molecule has 6 nitrogen and oxygen atoms in total. The Morgan fingerprint density at radius 2 is 2.05 bits per heavy atom. The van der Waals surface area contributed by atoms with Gasteiger partial charge in [-0.2, -0.15) is 0 Å². The van der Waals surface area contributed by atoms with Crippen LogP contribution >= 0.6 is 0 Å². The highest BCUT2D eigenvalue weighted by atomic mass is 16.4. The van der Waals surface area contributed by atoms with E-state index in [9.17, 15) is 4.79 Å². The molecule has 2 rings (SSSR count). The van der Waals surface area contributed by atoms with Gasteiger partial charge in [-0.15, -0.1) is 0 Å². The van der Waals surface area contributed by atoms with Crippen LogP contribution in [0.15, 0.2) is 23.5 Å². The fraction of sp³-hybridized carbons (Fsp3) is 0.533. The first-order valence-electron chi connectivity index (χ1n) is 7.31. The molecular formula is C15H22N4O2. The van der Waals surface area contributed by atoms with Crippen LogP contribution in [0.3, 0.4) is 0 Å². The zero-order chi connectivity index (χ0) is 15.3. The molecule has 0 aromatic carbocycles. The minimum Gasteiger partial charge on any atom is -0.409 e. The molecule has 1 aromatic heterocycles. The van der Waals surface area contributed by atoms with Gasteiger partial charge in [0.25, 0.3) is 5.91 Å². The molecule has 0 unspecified atom stereocenters. The summed E-state index contributed by atoms with van der Waals surface area (Å²) < 4.78 is 0. The average Bonchev–Trinajstić information content (AvgIpc) is 2.73. The van der Waals surface area contributed by atoms with Crippen molar-refractivity contribution in [1.82, 2.24) is 10.3 Å². The lowest BCUT2D eigenvalue weighted by Gasteiger charge is -2.32. The topological polar surface area (TPSA) is 101 Å². The number of hydrogen-bond donors (Lipinski definition) is 3. The Kier molecular flexibility index (Phi) is 4.77. The van der Waals surface area contributed by atoms with Crippen LogP contribution in [-0.2, 0) is 0 Å². The smallest absolute Gasteiger partial charge is 0.253 e. The van der Waals surface area contributed by atoms with Crippen LogP contribution in [0.4, 0.5) is 0 Å². The average molecular weight is 290 g/mol. The highest BCUT2D eigenvalue weighted by molar-refractivity contribution is 6.00. The summed E-state index contributed by atoms with van der Waals surface area (Å²) in [6, 6.07) is 3.46. The van der Waals surface area contributed by atoms with Crippen molar-refractivity contribution in [2.75, 3.05) is 0 Å². The lowest BCUT2D eigenvalue weighted by molar-refractivity contribution is 0.0914. The molecule has 0 aliphatic heterocycles. The number of aryl methyl sites for hydroxylation is 1. The van der Waals surface area contributed by atoms with Crippen molar-refractivity contribution in [2.24, 2.45) is 10.9 Å². The van der Waals surface area contributed by atoms with E-state index >= 15 is 0 Å². The van der Waals surface area contributed by atoms with Crippen LogP contribution in [0.5, 0.6) is 0 Å². The standard InChI is InChI=1S/C15H22N4O2/c1-11-12(7-6-10-17-11)13(20)18-15(14(16)19-21)8-4-2-3-5-9-15/h6-7,10,21H,2-5,8-9H2,1H3,(H2,16,19)(H,18,20). The van der Waals surface area contributed by atoms with E-state index in [1.54, 1.807) is 25.3 Å². The Morgan fingerprint density at radius 1 is 1.38 bits per heavy atom. The quantitative estimate of drug-likeness (QED) is 0.260. The Labute approximate surface area is 124 Å². The second-order valence-corrected chi connectivity index (χ2v) is 5.57. The van der Waals surface area contributed by atoms with Crippen molar-refractivity contribution in [3.8, 4) is 0 Å². The van der Waals surface area contributed by atoms with E-state index in [4.69, 9.17) is 10.9 Å². The number of pyridine rings is 1. The first kappa shape index (κ1) is 15.3. The van der Waals surface area contributed by atoms with E-state index in [2.05, 4.69) is 15.5 Å². The molecule has 21 heavy (non-hydrogen) atoms.